The van der Waals surface area contributed by atoms with E-state index in [4.69, 9.17) is 9.47 Å². The lowest BCUT2D eigenvalue weighted by Gasteiger charge is -2.00. The van der Waals surface area contributed by atoms with Crippen molar-refractivity contribution in [2.75, 3.05) is 25.7 Å². The van der Waals surface area contributed by atoms with Crippen molar-refractivity contribution < 1.29 is 9.47 Å². The maximum absolute atomic E-state index is 4.96. The quantitative estimate of drug-likeness (QED) is 0.786. The van der Waals surface area contributed by atoms with Gasteiger partial charge >= 0.3 is 0 Å². The highest BCUT2D eigenvalue weighted by Crippen LogP contribution is 2.15. The van der Waals surface area contributed by atoms with Crippen LogP contribution in [0.15, 0.2) is 24.3 Å². The Balaban J connectivity index is 0.000000336. The van der Waals surface area contributed by atoms with E-state index in [1.54, 1.807) is 14.2 Å². The second-order valence-corrected chi connectivity index (χ2v) is 4.22. The number of thioether (sulfide) groups is 1. The Bertz CT molecular complexity index is 209. The summed E-state index contributed by atoms with van der Waals surface area (Å²) in [6, 6.07) is 7.44. The number of hydrogen-bond donors (Lipinski definition) is 0. The maximum atomic E-state index is 4.96. The first kappa shape index (κ1) is 14.2. The summed E-state index contributed by atoms with van der Waals surface area (Å²) >= 11 is 1.96. The molecule has 0 aliphatic rings. The summed E-state index contributed by atoms with van der Waals surface area (Å²) in [7, 11) is 3.28. The summed E-state index contributed by atoms with van der Waals surface area (Å²) in [6.07, 6.45) is 0. The molecule has 0 spiro atoms. The predicted octanol–water partition coefficient (Wildman–Crippen LogP) is 3.46. The first-order valence-electron chi connectivity index (χ1n) is 5.04. The predicted molar refractivity (Wildman–Crippen MR) is 68.2 cm³/mol. The molecule has 0 N–H and O–H groups in total. The lowest BCUT2D eigenvalue weighted by molar-refractivity contribution is 0.403. The van der Waals surface area contributed by atoms with Crippen molar-refractivity contribution in [3.63, 3.8) is 0 Å². The molecule has 0 aromatic heterocycles. The minimum atomic E-state index is 0.848. The van der Waals surface area contributed by atoms with Crippen LogP contribution >= 0.6 is 11.8 Å². The first-order chi connectivity index (χ1) is 7.28. The van der Waals surface area contributed by atoms with Crippen molar-refractivity contribution in [1.29, 1.82) is 0 Å². The first-order valence-corrected chi connectivity index (χ1v) is 6.19. The van der Waals surface area contributed by atoms with E-state index in [0.717, 1.165) is 11.5 Å². The van der Waals surface area contributed by atoms with E-state index in [2.05, 4.69) is 13.8 Å². The lowest BCUT2D eigenvalue weighted by Crippen LogP contribution is -1.83. The molecule has 1 rings (SSSR count). The summed E-state index contributed by atoms with van der Waals surface area (Å²) in [5, 5.41) is 0. The van der Waals surface area contributed by atoms with E-state index in [1.807, 2.05) is 36.0 Å². The summed E-state index contributed by atoms with van der Waals surface area (Å²) in [4.78, 5) is 0. The standard InChI is InChI=1S/C8H10O2.C4H10S/c1-9-7-3-5-8(10-2)6-4-7;1-3-5-4-2/h3-6H,1-2H3;3-4H2,1-2H3. The van der Waals surface area contributed by atoms with Gasteiger partial charge < -0.3 is 9.47 Å². The van der Waals surface area contributed by atoms with E-state index in [1.165, 1.54) is 11.5 Å². The zero-order chi connectivity index (χ0) is 11.5. The fraction of sp³-hybridized carbons (Fsp3) is 0.500. The van der Waals surface area contributed by atoms with Crippen LogP contribution in [0, 0.1) is 0 Å². The molecule has 0 saturated carbocycles. The van der Waals surface area contributed by atoms with Crippen molar-refractivity contribution in [2.24, 2.45) is 0 Å². The molecule has 0 aliphatic heterocycles. The van der Waals surface area contributed by atoms with Gasteiger partial charge in [-0.3, -0.25) is 0 Å². The van der Waals surface area contributed by atoms with Crippen LogP contribution in [0.3, 0.4) is 0 Å². The van der Waals surface area contributed by atoms with Crippen molar-refractivity contribution >= 4 is 11.8 Å². The Kier molecular flexibility index (Phi) is 9.18. The summed E-state index contributed by atoms with van der Waals surface area (Å²) in [5.74, 6) is 4.22. The third kappa shape index (κ3) is 7.14. The fourth-order valence-electron chi connectivity index (χ4n) is 0.916. The Labute approximate surface area is 97.0 Å². The van der Waals surface area contributed by atoms with Gasteiger partial charge in [0.15, 0.2) is 0 Å². The van der Waals surface area contributed by atoms with Gasteiger partial charge in [0.25, 0.3) is 0 Å². The monoisotopic (exact) mass is 228 g/mol. The molecule has 15 heavy (non-hydrogen) atoms. The van der Waals surface area contributed by atoms with Gasteiger partial charge in [0.2, 0.25) is 0 Å². The van der Waals surface area contributed by atoms with Crippen molar-refractivity contribution in [1.82, 2.24) is 0 Å². The summed E-state index contributed by atoms with van der Waals surface area (Å²) in [5.41, 5.74) is 0. The van der Waals surface area contributed by atoms with E-state index in [0.29, 0.717) is 0 Å². The molecule has 0 aliphatic carbocycles. The molecule has 0 amide bonds. The van der Waals surface area contributed by atoms with Crippen LogP contribution in [-0.2, 0) is 0 Å². The van der Waals surface area contributed by atoms with E-state index in [-0.39, 0.29) is 0 Å². The molecule has 0 unspecified atom stereocenters. The molecule has 0 bridgehead atoms. The Morgan fingerprint density at radius 3 is 1.33 bits per heavy atom. The van der Waals surface area contributed by atoms with Crippen LogP contribution in [0.1, 0.15) is 13.8 Å². The Hall–Kier alpha value is -0.830. The van der Waals surface area contributed by atoms with E-state index in [9.17, 15) is 0 Å². The van der Waals surface area contributed by atoms with E-state index < -0.39 is 0 Å². The Morgan fingerprint density at radius 2 is 1.20 bits per heavy atom. The smallest absolute Gasteiger partial charge is 0.119 e. The second kappa shape index (κ2) is 9.71. The van der Waals surface area contributed by atoms with E-state index >= 15 is 0 Å². The largest absolute Gasteiger partial charge is 0.497 e. The maximum Gasteiger partial charge on any atom is 0.119 e. The van der Waals surface area contributed by atoms with Crippen LogP contribution < -0.4 is 9.47 Å². The van der Waals surface area contributed by atoms with Gasteiger partial charge in [-0.2, -0.15) is 11.8 Å². The molecule has 0 heterocycles. The van der Waals surface area contributed by atoms with Crippen LogP contribution in [0.25, 0.3) is 0 Å². The molecule has 2 nitrogen and oxygen atoms in total. The average Bonchev–Trinajstić information content (AvgIpc) is 2.31. The molecule has 1 aromatic rings. The van der Waals surface area contributed by atoms with Gasteiger partial charge in [-0.05, 0) is 35.8 Å². The summed E-state index contributed by atoms with van der Waals surface area (Å²) < 4.78 is 9.92. The average molecular weight is 228 g/mol. The van der Waals surface area contributed by atoms with Gasteiger partial charge in [0, 0.05) is 0 Å². The molecule has 86 valence electrons. The topological polar surface area (TPSA) is 18.5 Å². The minimum Gasteiger partial charge on any atom is -0.497 e. The Morgan fingerprint density at radius 1 is 0.867 bits per heavy atom. The van der Waals surface area contributed by atoms with Gasteiger partial charge in [-0.1, -0.05) is 13.8 Å². The molecule has 0 saturated heterocycles. The second-order valence-electron chi connectivity index (χ2n) is 2.66. The molecular weight excluding hydrogens is 208 g/mol. The number of rotatable bonds is 4. The zero-order valence-corrected chi connectivity index (χ0v) is 10.8. The number of hydrogen-bond acceptors (Lipinski definition) is 3. The van der Waals surface area contributed by atoms with Gasteiger partial charge in [0.1, 0.15) is 11.5 Å². The number of ether oxygens (including phenoxy) is 2. The van der Waals surface area contributed by atoms with Gasteiger partial charge in [0.05, 0.1) is 14.2 Å². The molecule has 3 heteroatoms. The molecule has 1 aromatic carbocycles. The minimum absolute atomic E-state index is 0.848. The molecule has 0 fully saturated rings. The van der Waals surface area contributed by atoms with Gasteiger partial charge in [-0.25, -0.2) is 0 Å². The highest BCUT2D eigenvalue weighted by atomic mass is 32.2. The highest BCUT2D eigenvalue weighted by Gasteiger charge is 1.89. The summed E-state index contributed by atoms with van der Waals surface area (Å²) in [6.45, 7) is 4.35. The lowest BCUT2D eigenvalue weighted by atomic mass is 10.3. The molecular formula is C12H20O2S. The SMILES string of the molecule is CCSCC.COc1ccc(OC)cc1. The zero-order valence-electron chi connectivity index (χ0n) is 9.95. The van der Waals surface area contributed by atoms with Crippen LogP contribution in [0.5, 0.6) is 11.5 Å². The third-order valence-corrected chi connectivity index (χ3v) is 2.52. The molecule has 0 radical (unpaired) electrons. The van der Waals surface area contributed by atoms with Crippen LogP contribution in [0.4, 0.5) is 0 Å². The number of benzene rings is 1. The van der Waals surface area contributed by atoms with Crippen molar-refractivity contribution in [2.45, 2.75) is 13.8 Å². The van der Waals surface area contributed by atoms with Gasteiger partial charge in [-0.15, -0.1) is 0 Å². The van der Waals surface area contributed by atoms with Crippen LogP contribution in [0.2, 0.25) is 0 Å². The van der Waals surface area contributed by atoms with Crippen LogP contribution in [-0.4, -0.2) is 25.7 Å². The molecule has 0 atom stereocenters. The number of methoxy groups -OCH3 is 2. The van der Waals surface area contributed by atoms with Crippen molar-refractivity contribution in [3.05, 3.63) is 24.3 Å². The third-order valence-electron chi connectivity index (χ3n) is 1.70. The normalized spacial score (nSPS) is 8.80. The van der Waals surface area contributed by atoms with Crippen molar-refractivity contribution in [3.8, 4) is 11.5 Å². The highest BCUT2D eigenvalue weighted by molar-refractivity contribution is 7.99. The fourth-order valence-corrected chi connectivity index (χ4v) is 1.32.